The van der Waals surface area contributed by atoms with E-state index in [1.165, 1.54) is 6.07 Å². The van der Waals surface area contributed by atoms with E-state index in [9.17, 15) is 13.2 Å². The van der Waals surface area contributed by atoms with Crippen LogP contribution in [0, 0.1) is 12.7 Å². The summed E-state index contributed by atoms with van der Waals surface area (Å²) in [7, 11) is 0. The van der Waals surface area contributed by atoms with Crippen molar-refractivity contribution in [2.24, 2.45) is 0 Å². The van der Waals surface area contributed by atoms with Gasteiger partial charge >= 0.3 is 0 Å². The average Bonchev–Trinajstić information content (AvgIpc) is 2.75. The smallest absolute Gasteiger partial charge is 0.279 e. The molecule has 0 aliphatic carbocycles. The van der Waals surface area contributed by atoms with E-state index in [4.69, 9.17) is 0 Å². The zero-order valence-corrected chi connectivity index (χ0v) is 18.6. The normalized spacial score (nSPS) is 10.1. The maximum atomic E-state index is 13.9. The Morgan fingerprint density at radius 1 is 1.17 bits per heavy atom. The molecule has 0 saturated heterocycles. The van der Waals surface area contributed by atoms with Gasteiger partial charge in [-0.15, -0.1) is 0 Å². The Kier molecular flexibility index (Phi) is 10.9. The van der Waals surface area contributed by atoms with E-state index in [1.807, 2.05) is 37.2 Å². The fourth-order valence-electron chi connectivity index (χ4n) is 2.23. The number of aryl methyl sites for hydroxylation is 1. The summed E-state index contributed by atoms with van der Waals surface area (Å²) in [6.07, 6.45) is -1.07. The van der Waals surface area contributed by atoms with Crippen LogP contribution in [0.25, 0.3) is 5.70 Å². The van der Waals surface area contributed by atoms with Crippen molar-refractivity contribution < 1.29 is 13.2 Å². The summed E-state index contributed by atoms with van der Waals surface area (Å²) in [4.78, 5) is 4.40. The van der Waals surface area contributed by atoms with Crippen molar-refractivity contribution >= 4 is 23.3 Å². The van der Waals surface area contributed by atoms with Gasteiger partial charge in [0.05, 0.1) is 29.3 Å². The largest absolute Gasteiger partial charge is 0.310 e. The van der Waals surface area contributed by atoms with Gasteiger partial charge in [-0.2, -0.15) is 0 Å². The maximum Gasteiger partial charge on any atom is 0.279 e. The van der Waals surface area contributed by atoms with Crippen LogP contribution >= 0.6 is 11.9 Å². The molecule has 0 radical (unpaired) electrons. The van der Waals surface area contributed by atoms with Gasteiger partial charge in [0.25, 0.3) is 6.43 Å². The van der Waals surface area contributed by atoms with Gasteiger partial charge in [-0.3, -0.25) is 10.4 Å². The first-order valence-corrected chi connectivity index (χ1v) is 10.6. The lowest BCUT2D eigenvalue weighted by molar-refractivity contribution is 0.179. The fraction of sp³-hybridized carbons (Fsp3) is 0.318. The van der Waals surface area contributed by atoms with Crippen LogP contribution < -0.4 is 15.2 Å². The Morgan fingerprint density at radius 2 is 1.87 bits per heavy atom. The summed E-state index contributed by atoms with van der Waals surface area (Å²) >= 11 is 1.57. The second kappa shape index (κ2) is 12.8. The molecule has 0 atom stereocenters. The number of nitrogens with one attached hydrogen (secondary N) is 2. The molecule has 164 valence electrons. The fourth-order valence-corrected chi connectivity index (χ4v) is 3.03. The van der Waals surface area contributed by atoms with Gasteiger partial charge in [-0.25, -0.2) is 13.2 Å². The molecule has 0 fully saturated rings. The lowest BCUT2D eigenvalue weighted by Gasteiger charge is -2.23. The van der Waals surface area contributed by atoms with Crippen molar-refractivity contribution in [3.05, 3.63) is 78.0 Å². The molecule has 1 aromatic carbocycles. The molecule has 0 spiro atoms. The number of hydrogen-bond donors (Lipinski definition) is 2. The summed E-state index contributed by atoms with van der Waals surface area (Å²) < 4.78 is 40.8. The van der Waals surface area contributed by atoms with Crippen LogP contribution in [0.1, 0.15) is 37.6 Å². The van der Waals surface area contributed by atoms with E-state index in [1.54, 1.807) is 37.2 Å². The zero-order chi connectivity index (χ0) is 22.7. The first kappa shape index (κ1) is 25.4. The Bertz CT molecular complexity index is 826. The summed E-state index contributed by atoms with van der Waals surface area (Å²) in [5, 5.41) is 0. The number of allylic oxidation sites excluding steroid dienone is 1. The molecule has 1 aromatic heterocycles. The van der Waals surface area contributed by atoms with Gasteiger partial charge in [-0.1, -0.05) is 40.0 Å². The van der Waals surface area contributed by atoms with Crippen LogP contribution in [-0.2, 0) is 6.54 Å². The van der Waals surface area contributed by atoms with Crippen molar-refractivity contribution in [3.63, 3.8) is 0 Å². The van der Waals surface area contributed by atoms with Gasteiger partial charge in [0, 0.05) is 17.5 Å². The van der Waals surface area contributed by atoms with Crippen molar-refractivity contribution in [2.75, 3.05) is 10.1 Å². The summed E-state index contributed by atoms with van der Waals surface area (Å²) in [6, 6.07) is 8.75. The van der Waals surface area contributed by atoms with Crippen LogP contribution in [0.15, 0.2) is 55.4 Å². The van der Waals surface area contributed by atoms with E-state index in [-0.39, 0.29) is 5.82 Å². The van der Waals surface area contributed by atoms with Crippen LogP contribution in [0.4, 0.5) is 18.9 Å². The van der Waals surface area contributed by atoms with Crippen molar-refractivity contribution in [3.8, 4) is 0 Å². The first-order valence-electron chi connectivity index (χ1n) is 9.61. The second-order valence-electron chi connectivity index (χ2n) is 5.98. The third-order valence-electron chi connectivity index (χ3n) is 3.84. The Hall–Kier alpha value is -2.61. The summed E-state index contributed by atoms with van der Waals surface area (Å²) in [6.45, 7) is 15.2. The molecule has 1 heterocycles. The monoisotopic (exact) mass is 438 g/mol. The van der Waals surface area contributed by atoms with Crippen molar-refractivity contribution in [1.29, 1.82) is 0 Å². The molecule has 8 heteroatoms. The standard InChI is InChI=1S/C20H23F3N4S.C2H6/c1-5-28-27(18-9-6-13(2)19(21)10-18)12-17-8-7-16(11-24-17)14(3)25-26-15(4)20(22)23;1-2/h6-11,20,25-26H,3-5,12H2,1-2H3;1-2H3. The molecule has 30 heavy (non-hydrogen) atoms. The third-order valence-corrected chi connectivity index (χ3v) is 4.75. The molecule has 0 saturated carbocycles. The minimum atomic E-state index is -2.67. The minimum absolute atomic E-state index is 0.247. The molecule has 0 aliphatic heterocycles. The van der Waals surface area contributed by atoms with E-state index in [0.29, 0.717) is 23.4 Å². The van der Waals surface area contributed by atoms with Gasteiger partial charge in [0.15, 0.2) is 0 Å². The first-order chi connectivity index (χ1) is 14.3. The minimum Gasteiger partial charge on any atom is -0.310 e. The molecule has 4 nitrogen and oxygen atoms in total. The summed E-state index contributed by atoms with van der Waals surface area (Å²) in [5.74, 6) is 0.580. The van der Waals surface area contributed by atoms with Crippen LogP contribution in [-0.4, -0.2) is 17.2 Å². The van der Waals surface area contributed by atoms with Crippen molar-refractivity contribution in [1.82, 2.24) is 15.8 Å². The Morgan fingerprint density at radius 3 is 2.40 bits per heavy atom. The molecule has 0 aliphatic rings. The lowest BCUT2D eigenvalue weighted by atomic mass is 10.2. The van der Waals surface area contributed by atoms with E-state index in [0.717, 1.165) is 17.1 Å². The predicted octanol–water partition coefficient (Wildman–Crippen LogP) is 6.07. The summed E-state index contributed by atoms with van der Waals surface area (Å²) in [5.41, 5.74) is 7.63. The number of nitrogens with zero attached hydrogens (tertiary/aromatic N) is 2. The van der Waals surface area contributed by atoms with Gasteiger partial charge < -0.3 is 9.73 Å². The number of hydrazine groups is 1. The van der Waals surface area contributed by atoms with Crippen LogP contribution in [0.2, 0.25) is 0 Å². The predicted molar refractivity (Wildman–Crippen MR) is 121 cm³/mol. The van der Waals surface area contributed by atoms with E-state index in [2.05, 4.69) is 29.0 Å². The van der Waals surface area contributed by atoms with E-state index >= 15 is 0 Å². The van der Waals surface area contributed by atoms with E-state index < -0.39 is 12.1 Å². The molecule has 0 unspecified atom stereocenters. The highest BCUT2D eigenvalue weighted by atomic mass is 32.2. The van der Waals surface area contributed by atoms with Gasteiger partial charge in [-0.05, 0) is 48.7 Å². The molecule has 2 aromatic rings. The number of aromatic nitrogens is 1. The third kappa shape index (κ3) is 7.67. The number of rotatable bonds is 10. The molecule has 2 N–H and O–H groups in total. The number of pyridine rings is 1. The number of anilines is 1. The SMILES string of the molecule is C=C(NNC(=C)C(F)F)c1ccc(CN(SCC)c2ccc(C)c(F)c2)nc1.CC. The van der Waals surface area contributed by atoms with Crippen LogP contribution in [0.3, 0.4) is 0 Å². The molecular formula is C22H29F3N4S. The van der Waals surface area contributed by atoms with Gasteiger partial charge in [0.1, 0.15) is 5.82 Å². The maximum absolute atomic E-state index is 13.9. The zero-order valence-electron chi connectivity index (χ0n) is 17.8. The van der Waals surface area contributed by atoms with Gasteiger partial charge in [0.2, 0.25) is 0 Å². The molecular weight excluding hydrogens is 409 g/mol. The Balaban J connectivity index is 0.00000218. The number of halogens is 3. The lowest BCUT2D eigenvalue weighted by Crippen LogP contribution is -2.31. The highest BCUT2D eigenvalue weighted by Gasteiger charge is 2.12. The quantitative estimate of drug-likeness (QED) is 0.348. The number of benzene rings is 1. The highest BCUT2D eigenvalue weighted by molar-refractivity contribution is 8.00. The molecule has 0 amide bonds. The number of hydrogen-bond acceptors (Lipinski definition) is 5. The van der Waals surface area contributed by atoms with Crippen LogP contribution in [0.5, 0.6) is 0 Å². The molecule has 2 rings (SSSR count). The second-order valence-corrected chi connectivity index (χ2v) is 7.26. The number of alkyl halides is 2. The Labute approximate surface area is 181 Å². The average molecular weight is 439 g/mol. The highest BCUT2D eigenvalue weighted by Crippen LogP contribution is 2.26. The van der Waals surface area contributed by atoms with Crippen molar-refractivity contribution in [2.45, 2.75) is 40.7 Å². The topological polar surface area (TPSA) is 40.2 Å². The molecule has 0 bridgehead atoms.